The Kier molecular flexibility index (Phi) is 9.18. The fraction of sp³-hybridized carbons (Fsp3) is 0.750. The van der Waals surface area contributed by atoms with Crippen LogP contribution in [-0.2, 0) is 14.3 Å². The molecule has 0 bridgehead atoms. The third kappa shape index (κ3) is 9.47. The predicted octanol–water partition coefficient (Wildman–Crippen LogP) is 2.56. The van der Waals surface area contributed by atoms with Crippen LogP contribution in [0.15, 0.2) is 12.2 Å². The maximum absolute atomic E-state index is 10.9. The van der Waals surface area contributed by atoms with Crippen LogP contribution in [0.3, 0.4) is 0 Å². The molecule has 0 aliphatic carbocycles. The Morgan fingerprint density at radius 3 is 2.73 bits per heavy atom. The second-order valence-electron chi connectivity index (χ2n) is 3.59. The van der Waals surface area contributed by atoms with Gasteiger partial charge < -0.3 is 9.47 Å². The van der Waals surface area contributed by atoms with Crippen LogP contribution in [0.2, 0.25) is 0 Å². The molecule has 3 heteroatoms. The van der Waals surface area contributed by atoms with Crippen molar-refractivity contribution in [3.8, 4) is 0 Å². The third-order valence-electron chi connectivity index (χ3n) is 1.94. The number of carbonyl (C=O) groups is 1. The molecule has 0 aromatic carbocycles. The summed E-state index contributed by atoms with van der Waals surface area (Å²) in [6.45, 7) is 7.76. The van der Waals surface area contributed by atoms with Gasteiger partial charge >= 0.3 is 5.97 Å². The van der Waals surface area contributed by atoms with Crippen LogP contribution in [0.4, 0.5) is 0 Å². The van der Waals surface area contributed by atoms with E-state index in [1.54, 1.807) is 13.0 Å². The number of hydrogen-bond acceptors (Lipinski definition) is 3. The molecule has 1 atom stereocenters. The van der Waals surface area contributed by atoms with E-state index in [0.717, 1.165) is 6.61 Å². The van der Waals surface area contributed by atoms with Crippen molar-refractivity contribution in [3.05, 3.63) is 12.2 Å². The van der Waals surface area contributed by atoms with Gasteiger partial charge in [0.1, 0.15) is 0 Å². The first-order valence-electron chi connectivity index (χ1n) is 5.61. The monoisotopic (exact) mass is 214 g/mol. The molecular formula is C12H22O3. The molecule has 0 heterocycles. The van der Waals surface area contributed by atoms with E-state index in [1.807, 2.05) is 0 Å². The summed E-state index contributed by atoms with van der Waals surface area (Å²) in [4.78, 5) is 10.9. The molecule has 0 saturated heterocycles. The summed E-state index contributed by atoms with van der Waals surface area (Å²) in [5, 5.41) is 0. The number of ether oxygens (including phenoxy) is 2. The summed E-state index contributed by atoms with van der Waals surface area (Å²) in [6, 6.07) is 0. The first-order chi connectivity index (χ1) is 7.20. The maximum atomic E-state index is 10.9. The quantitative estimate of drug-likeness (QED) is 0.354. The number of esters is 1. The van der Waals surface area contributed by atoms with Crippen molar-refractivity contribution >= 4 is 5.97 Å². The lowest BCUT2D eigenvalue weighted by atomic mass is 10.1. The van der Waals surface area contributed by atoms with Crippen molar-refractivity contribution in [3.63, 3.8) is 0 Å². The normalized spacial score (nSPS) is 13.0. The first kappa shape index (κ1) is 14.2. The molecule has 15 heavy (non-hydrogen) atoms. The Bertz CT molecular complexity index is 187. The van der Waals surface area contributed by atoms with Gasteiger partial charge in [0.05, 0.1) is 13.2 Å². The molecule has 0 aromatic heterocycles. The molecule has 0 N–H and O–H groups in total. The van der Waals surface area contributed by atoms with Gasteiger partial charge in [-0.15, -0.1) is 0 Å². The van der Waals surface area contributed by atoms with E-state index in [4.69, 9.17) is 9.47 Å². The lowest BCUT2D eigenvalue weighted by molar-refractivity contribution is -0.137. The average Bonchev–Trinajstić information content (AvgIpc) is 2.18. The molecule has 3 nitrogen and oxygen atoms in total. The lowest BCUT2D eigenvalue weighted by Crippen LogP contribution is -2.06. The van der Waals surface area contributed by atoms with E-state index < -0.39 is 0 Å². The van der Waals surface area contributed by atoms with Gasteiger partial charge in [-0.1, -0.05) is 26.3 Å². The standard InChI is InChI=1S/C12H22O3/c1-4-7-11(3)10-14-9-6-8-12(13)15-5-2/h6,8,11H,4-5,7,9-10H2,1-3H3/b8-6+. The first-order valence-corrected chi connectivity index (χ1v) is 5.61. The molecule has 88 valence electrons. The van der Waals surface area contributed by atoms with Crippen LogP contribution >= 0.6 is 0 Å². The fourth-order valence-corrected chi connectivity index (χ4v) is 1.25. The molecule has 0 amide bonds. The Morgan fingerprint density at radius 2 is 2.13 bits per heavy atom. The highest BCUT2D eigenvalue weighted by Gasteiger charge is 1.99. The van der Waals surface area contributed by atoms with Crippen LogP contribution in [0.1, 0.15) is 33.6 Å². The summed E-state index contributed by atoms with van der Waals surface area (Å²) in [5.74, 6) is 0.286. The van der Waals surface area contributed by atoms with E-state index in [9.17, 15) is 4.79 Å². The van der Waals surface area contributed by atoms with Gasteiger partial charge in [0.2, 0.25) is 0 Å². The zero-order valence-corrected chi connectivity index (χ0v) is 9.99. The largest absolute Gasteiger partial charge is 0.463 e. The maximum Gasteiger partial charge on any atom is 0.330 e. The summed E-state index contributed by atoms with van der Waals surface area (Å²) in [5.41, 5.74) is 0. The second kappa shape index (κ2) is 9.71. The zero-order chi connectivity index (χ0) is 11.5. The predicted molar refractivity (Wildman–Crippen MR) is 60.7 cm³/mol. The molecule has 0 aliphatic heterocycles. The van der Waals surface area contributed by atoms with Crippen molar-refractivity contribution in [2.45, 2.75) is 33.6 Å². The highest BCUT2D eigenvalue weighted by atomic mass is 16.5. The molecule has 0 radical (unpaired) electrons. The van der Waals surface area contributed by atoms with Crippen molar-refractivity contribution in [2.24, 2.45) is 5.92 Å². The van der Waals surface area contributed by atoms with Crippen molar-refractivity contribution in [1.82, 2.24) is 0 Å². The summed E-state index contributed by atoms with van der Waals surface area (Å²) in [7, 11) is 0. The van der Waals surface area contributed by atoms with E-state index in [-0.39, 0.29) is 5.97 Å². The van der Waals surface area contributed by atoms with Gasteiger partial charge in [0.25, 0.3) is 0 Å². The Hall–Kier alpha value is -0.830. The smallest absolute Gasteiger partial charge is 0.330 e. The van der Waals surface area contributed by atoms with Crippen LogP contribution in [-0.4, -0.2) is 25.8 Å². The summed E-state index contributed by atoms with van der Waals surface area (Å²) in [6.07, 6.45) is 5.47. The molecule has 1 unspecified atom stereocenters. The highest BCUT2D eigenvalue weighted by Crippen LogP contribution is 2.04. The zero-order valence-electron chi connectivity index (χ0n) is 9.99. The minimum Gasteiger partial charge on any atom is -0.463 e. The van der Waals surface area contributed by atoms with Gasteiger partial charge in [-0.2, -0.15) is 0 Å². The second-order valence-corrected chi connectivity index (χ2v) is 3.59. The molecule has 0 aliphatic rings. The lowest BCUT2D eigenvalue weighted by Gasteiger charge is -2.08. The van der Waals surface area contributed by atoms with E-state index >= 15 is 0 Å². The Morgan fingerprint density at radius 1 is 1.40 bits per heavy atom. The highest BCUT2D eigenvalue weighted by molar-refractivity contribution is 5.81. The fourth-order valence-electron chi connectivity index (χ4n) is 1.25. The van der Waals surface area contributed by atoms with Crippen LogP contribution in [0.5, 0.6) is 0 Å². The minimum absolute atomic E-state index is 0.303. The topological polar surface area (TPSA) is 35.5 Å². The van der Waals surface area contributed by atoms with Gasteiger partial charge in [0.15, 0.2) is 0 Å². The third-order valence-corrected chi connectivity index (χ3v) is 1.94. The van der Waals surface area contributed by atoms with Crippen LogP contribution < -0.4 is 0 Å². The molecule has 0 rings (SSSR count). The SMILES string of the molecule is CCCC(C)COC/C=C/C(=O)OCC. The molecule has 0 saturated carbocycles. The van der Waals surface area contributed by atoms with Crippen molar-refractivity contribution < 1.29 is 14.3 Å². The number of carbonyl (C=O) groups excluding carboxylic acids is 1. The Balaban J connectivity index is 3.41. The van der Waals surface area contributed by atoms with Gasteiger partial charge in [0, 0.05) is 12.7 Å². The number of hydrogen-bond donors (Lipinski definition) is 0. The van der Waals surface area contributed by atoms with E-state index in [2.05, 4.69) is 13.8 Å². The van der Waals surface area contributed by atoms with Gasteiger partial charge in [-0.25, -0.2) is 4.79 Å². The van der Waals surface area contributed by atoms with E-state index in [1.165, 1.54) is 18.9 Å². The van der Waals surface area contributed by atoms with Gasteiger partial charge in [-0.05, 0) is 19.3 Å². The summed E-state index contributed by atoms with van der Waals surface area (Å²) < 4.78 is 10.1. The molecule has 0 aromatic rings. The van der Waals surface area contributed by atoms with Crippen LogP contribution in [0, 0.1) is 5.92 Å². The average molecular weight is 214 g/mol. The Labute approximate surface area is 92.5 Å². The molecule has 0 spiro atoms. The molecular weight excluding hydrogens is 192 g/mol. The minimum atomic E-state index is -0.303. The van der Waals surface area contributed by atoms with Crippen LogP contribution in [0.25, 0.3) is 0 Å². The van der Waals surface area contributed by atoms with Gasteiger partial charge in [-0.3, -0.25) is 0 Å². The van der Waals surface area contributed by atoms with Crippen molar-refractivity contribution in [2.75, 3.05) is 19.8 Å². The molecule has 0 fully saturated rings. The number of rotatable bonds is 8. The van der Waals surface area contributed by atoms with E-state index in [0.29, 0.717) is 19.1 Å². The van der Waals surface area contributed by atoms with Crippen molar-refractivity contribution in [1.29, 1.82) is 0 Å². The summed E-state index contributed by atoms with van der Waals surface area (Å²) >= 11 is 0.